The lowest BCUT2D eigenvalue weighted by Gasteiger charge is -2.13. The lowest BCUT2D eigenvalue weighted by molar-refractivity contribution is 0.414. The number of aliphatic imine (C=N–C) groups is 1. The quantitative estimate of drug-likeness (QED) is 0.327. The number of rotatable bonds is 7. The first-order chi connectivity index (χ1) is 13.2. The number of ether oxygens (including phenoxy) is 1. The lowest BCUT2D eigenvalue weighted by atomic mass is 10.2. The zero-order valence-corrected chi connectivity index (χ0v) is 15.7. The van der Waals surface area contributed by atoms with E-state index in [-0.39, 0.29) is 0 Å². The summed E-state index contributed by atoms with van der Waals surface area (Å²) in [6.45, 7) is 2.05. The largest absolute Gasteiger partial charge is 0.497 e. The summed E-state index contributed by atoms with van der Waals surface area (Å²) in [7, 11) is 5.27. The Bertz CT molecular complexity index is 903. The lowest BCUT2D eigenvalue weighted by Crippen LogP contribution is -2.39. The van der Waals surface area contributed by atoms with Crippen LogP contribution in [0.5, 0.6) is 5.75 Å². The number of methoxy groups -OCH3 is 1. The van der Waals surface area contributed by atoms with Gasteiger partial charge in [0, 0.05) is 33.7 Å². The van der Waals surface area contributed by atoms with E-state index in [0.717, 1.165) is 34.1 Å². The number of guanidine groups is 1. The van der Waals surface area contributed by atoms with Crippen molar-refractivity contribution in [2.24, 2.45) is 12.0 Å². The van der Waals surface area contributed by atoms with Crippen LogP contribution >= 0.6 is 0 Å². The summed E-state index contributed by atoms with van der Waals surface area (Å²) in [6.07, 6.45) is 3.30. The van der Waals surface area contributed by atoms with E-state index in [9.17, 15) is 0 Å². The molecule has 3 aromatic rings. The van der Waals surface area contributed by atoms with E-state index in [1.807, 2.05) is 31.3 Å². The van der Waals surface area contributed by atoms with Crippen LogP contribution in [0.15, 0.2) is 41.8 Å². The van der Waals surface area contributed by atoms with Gasteiger partial charge in [-0.3, -0.25) is 9.67 Å². The molecule has 142 valence electrons. The average Bonchev–Trinajstić information content (AvgIpc) is 3.09. The van der Waals surface area contributed by atoms with Crippen LogP contribution in [0, 0.1) is 0 Å². The Balaban J connectivity index is 1.45. The molecule has 0 unspecified atom stereocenters. The number of fused-ring (bicyclic) bond motifs is 1. The first-order valence-corrected chi connectivity index (χ1v) is 8.65. The van der Waals surface area contributed by atoms with Crippen LogP contribution < -0.4 is 20.7 Å². The first kappa shape index (κ1) is 18.4. The molecular formula is C18H24N8O. The van der Waals surface area contributed by atoms with Crippen molar-refractivity contribution in [1.29, 1.82) is 0 Å². The summed E-state index contributed by atoms with van der Waals surface area (Å²) in [5, 5.41) is 15.0. The highest BCUT2D eigenvalue weighted by Gasteiger charge is 2.07. The molecule has 9 heteroatoms. The van der Waals surface area contributed by atoms with Crippen molar-refractivity contribution in [2.45, 2.75) is 6.54 Å². The van der Waals surface area contributed by atoms with Crippen molar-refractivity contribution < 1.29 is 4.74 Å². The second kappa shape index (κ2) is 8.84. The molecule has 3 rings (SSSR count). The van der Waals surface area contributed by atoms with E-state index in [2.05, 4.69) is 36.0 Å². The predicted octanol–water partition coefficient (Wildman–Crippen LogP) is 1.15. The minimum Gasteiger partial charge on any atom is -0.497 e. The van der Waals surface area contributed by atoms with Gasteiger partial charge >= 0.3 is 0 Å². The average molecular weight is 368 g/mol. The number of hydrogen-bond donors (Lipinski definition) is 3. The molecule has 0 aliphatic carbocycles. The number of hydrogen-bond acceptors (Lipinski definition) is 6. The number of nitrogens with one attached hydrogen (secondary N) is 3. The van der Waals surface area contributed by atoms with E-state index in [0.29, 0.717) is 19.6 Å². The molecule has 2 heterocycles. The Morgan fingerprint density at radius 2 is 1.96 bits per heavy atom. The minimum atomic E-state index is 0.680. The second-order valence-corrected chi connectivity index (χ2v) is 5.86. The van der Waals surface area contributed by atoms with Gasteiger partial charge in [0.05, 0.1) is 18.7 Å². The fourth-order valence-corrected chi connectivity index (χ4v) is 2.61. The van der Waals surface area contributed by atoms with Crippen LogP contribution in [0.4, 0.5) is 5.82 Å². The van der Waals surface area contributed by atoms with Crippen LogP contribution in [0.1, 0.15) is 5.56 Å². The predicted molar refractivity (Wildman–Crippen MR) is 106 cm³/mol. The molecule has 0 bridgehead atoms. The van der Waals surface area contributed by atoms with Crippen molar-refractivity contribution in [3.8, 4) is 5.75 Å². The molecule has 0 atom stereocenters. The van der Waals surface area contributed by atoms with Gasteiger partial charge in [-0.05, 0) is 17.7 Å². The monoisotopic (exact) mass is 368 g/mol. The molecule has 0 saturated carbocycles. The van der Waals surface area contributed by atoms with Crippen LogP contribution in [0.2, 0.25) is 0 Å². The van der Waals surface area contributed by atoms with E-state index >= 15 is 0 Å². The highest BCUT2D eigenvalue weighted by atomic mass is 16.5. The van der Waals surface area contributed by atoms with Gasteiger partial charge in [-0.15, -0.1) is 0 Å². The Morgan fingerprint density at radius 3 is 2.70 bits per heavy atom. The van der Waals surface area contributed by atoms with Gasteiger partial charge in [0.25, 0.3) is 0 Å². The second-order valence-electron chi connectivity index (χ2n) is 5.86. The molecule has 0 aliphatic rings. The number of benzene rings is 1. The SMILES string of the molecule is CN=C(NCCNc1ncnc2c1cnn2C)NCc1ccc(OC)cc1. The van der Waals surface area contributed by atoms with E-state index in [4.69, 9.17) is 4.74 Å². The van der Waals surface area contributed by atoms with Gasteiger partial charge in [-0.1, -0.05) is 12.1 Å². The molecule has 1 aromatic carbocycles. The summed E-state index contributed by atoms with van der Waals surface area (Å²) in [5.74, 6) is 2.36. The van der Waals surface area contributed by atoms with Gasteiger partial charge in [-0.25, -0.2) is 9.97 Å². The Kier molecular flexibility index (Phi) is 6.03. The van der Waals surface area contributed by atoms with Crippen LogP contribution in [-0.2, 0) is 13.6 Å². The first-order valence-electron chi connectivity index (χ1n) is 8.65. The molecular weight excluding hydrogens is 344 g/mol. The highest BCUT2D eigenvalue weighted by molar-refractivity contribution is 5.86. The summed E-state index contributed by atoms with van der Waals surface area (Å²) in [6, 6.07) is 7.93. The number of anilines is 1. The molecule has 0 fully saturated rings. The smallest absolute Gasteiger partial charge is 0.191 e. The van der Waals surface area contributed by atoms with Gasteiger partial charge in [-0.2, -0.15) is 5.10 Å². The van der Waals surface area contributed by atoms with Crippen molar-refractivity contribution in [2.75, 3.05) is 32.6 Å². The number of aryl methyl sites for hydroxylation is 1. The maximum absolute atomic E-state index is 5.17. The molecule has 9 nitrogen and oxygen atoms in total. The van der Waals surface area contributed by atoms with Gasteiger partial charge < -0.3 is 20.7 Å². The van der Waals surface area contributed by atoms with Gasteiger partial charge in [0.2, 0.25) is 0 Å². The molecule has 0 spiro atoms. The molecule has 0 aliphatic heterocycles. The molecule has 0 radical (unpaired) electrons. The van der Waals surface area contributed by atoms with Crippen LogP contribution in [-0.4, -0.2) is 53.0 Å². The third kappa shape index (κ3) is 4.63. The van der Waals surface area contributed by atoms with Crippen LogP contribution in [0.25, 0.3) is 11.0 Å². The maximum Gasteiger partial charge on any atom is 0.191 e. The third-order valence-electron chi connectivity index (χ3n) is 4.08. The van der Waals surface area contributed by atoms with Gasteiger partial charge in [0.15, 0.2) is 11.6 Å². The van der Waals surface area contributed by atoms with Gasteiger partial charge in [0.1, 0.15) is 17.9 Å². The normalized spacial score (nSPS) is 11.4. The Hall–Kier alpha value is -3.36. The molecule has 2 aromatic heterocycles. The zero-order chi connectivity index (χ0) is 19.1. The summed E-state index contributed by atoms with van der Waals surface area (Å²) < 4.78 is 6.90. The fourth-order valence-electron chi connectivity index (χ4n) is 2.61. The highest BCUT2D eigenvalue weighted by Crippen LogP contribution is 2.17. The minimum absolute atomic E-state index is 0.680. The Labute approximate surface area is 157 Å². The van der Waals surface area contributed by atoms with E-state index < -0.39 is 0 Å². The number of nitrogens with zero attached hydrogens (tertiary/aromatic N) is 5. The van der Waals surface area contributed by atoms with E-state index in [1.54, 1.807) is 25.0 Å². The zero-order valence-electron chi connectivity index (χ0n) is 15.7. The summed E-state index contributed by atoms with van der Waals surface area (Å²) in [5.41, 5.74) is 1.95. The molecule has 27 heavy (non-hydrogen) atoms. The maximum atomic E-state index is 5.17. The fraction of sp³-hybridized carbons (Fsp3) is 0.333. The summed E-state index contributed by atoms with van der Waals surface area (Å²) in [4.78, 5) is 12.8. The van der Waals surface area contributed by atoms with Crippen molar-refractivity contribution in [3.05, 3.63) is 42.4 Å². The summed E-state index contributed by atoms with van der Waals surface area (Å²) >= 11 is 0. The number of aromatic nitrogens is 4. The molecule has 0 saturated heterocycles. The van der Waals surface area contributed by atoms with Crippen molar-refractivity contribution in [1.82, 2.24) is 30.4 Å². The standard InChI is InChI=1S/C18H24N8O/c1-19-18(22-10-13-4-6-14(27-3)7-5-13)21-9-8-20-16-15-11-25-26(2)17(15)24-12-23-16/h4-7,11-12H,8-10H2,1-3H3,(H2,19,21,22)(H,20,23,24). The van der Waals surface area contributed by atoms with E-state index in [1.165, 1.54) is 6.33 Å². The topological polar surface area (TPSA) is 101 Å². The third-order valence-corrected chi connectivity index (χ3v) is 4.08. The van der Waals surface area contributed by atoms with Crippen molar-refractivity contribution >= 4 is 22.8 Å². The molecule has 3 N–H and O–H groups in total. The molecule has 0 amide bonds. The van der Waals surface area contributed by atoms with Crippen molar-refractivity contribution in [3.63, 3.8) is 0 Å². The Morgan fingerprint density at radius 1 is 1.15 bits per heavy atom. The van der Waals surface area contributed by atoms with Crippen LogP contribution in [0.3, 0.4) is 0 Å².